The monoisotopic (exact) mass is 284 g/mol. The molecule has 1 unspecified atom stereocenters. The van der Waals surface area contributed by atoms with Gasteiger partial charge in [-0.05, 0) is 12.5 Å². The van der Waals surface area contributed by atoms with E-state index >= 15 is 0 Å². The quantitative estimate of drug-likeness (QED) is 0.809. The summed E-state index contributed by atoms with van der Waals surface area (Å²) in [6.45, 7) is 2.34. The predicted octanol–water partition coefficient (Wildman–Crippen LogP) is 1.74. The summed E-state index contributed by atoms with van der Waals surface area (Å²) < 4.78 is 4.81. The van der Waals surface area contributed by atoms with E-state index < -0.39 is 12.2 Å². The number of rotatable bonds is 6. The third-order valence-corrected chi connectivity index (χ3v) is 2.71. The first-order valence-corrected chi connectivity index (χ1v) is 6.40. The van der Waals surface area contributed by atoms with Crippen LogP contribution >= 0.6 is 11.6 Å². The second-order valence-corrected chi connectivity index (χ2v) is 4.41. The van der Waals surface area contributed by atoms with E-state index in [9.17, 15) is 9.59 Å². The second-order valence-electron chi connectivity index (χ2n) is 4.14. The van der Waals surface area contributed by atoms with Crippen LogP contribution in [0.2, 0.25) is 0 Å². The molecule has 1 atom stereocenters. The Kier molecular flexibility index (Phi) is 6.15. The van der Waals surface area contributed by atoms with Crippen LogP contribution in [-0.2, 0) is 16.1 Å². The van der Waals surface area contributed by atoms with Gasteiger partial charge in [0.15, 0.2) is 0 Å². The Labute approximate surface area is 117 Å². The fourth-order valence-electron chi connectivity index (χ4n) is 1.69. The maximum Gasteiger partial charge on any atom is 0.404 e. The molecule has 0 bridgehead atoms. The molecule has 104 valence electrons. The Morgan fingerprint density at radius 1 is 1.37 bits per heavy atom. The number of carbonyl (C=O) groups is 2. The van der Waals surface area contributed by atoms with E-state index in [0.717, 1.165) is 5.56 Å². The van der Waals surface area contributed by atoms with Gasteiger partial charge in [-0.15, -0.1) is 11.6 Å². The van der Waals surface area contributed by atoms with Gasteiger partial charge in [-0.1, -0.05) is 30.3 Å². The van der Waals surface area contributed by atoms with Gasteiger partial charge in [0, 0.05) is 6.54 Å². The van der Waals surface area contributed by atoms with E-state index in [1.165, 1.54) is 4.90 Å². The van der Waals surface area contributed by atoms with Gasteiger partial charge >= 0.3 is 6.09 Å². The van der Waals surface area contributed by atoms with Crippen molar-refractivity contribution in [1.82, 2.24) is 4.90 Å². The molecule has 0 aliphatic carbocycles. The molecular weight excluding hydrogens is 268 g/mol. The van der Waals surface area contributed by atoms with Gasteiger partial charge in [0.2, 0.25) is 5.91 Å². The van der Waals surface area contributed by atoms with Crippen LogP contribution in [0.4, 0.5) is 4.79 Å². The zero-order chi connectivity index (χ0) is 14.3. The smallest absolute Gasteiger partial charge is 0.404 e. The molecule has 0 saturated carbocycles. The van der Waals surface area contributed by atoms with Gasteiger partial charge in [0.25, 0.3) is 0 Å². The SMILES string of the molecule is CC(CN(Cc1ccccc1)C(=O)CCl)OC(N)=O. The minimum absolute atomic E-state index is 0.115. The highest BCUT2D eigenvalue weighted by atomic mass is 35.5. The fraction of sp³-hybridized carbons (Fsp3) is 0.385. The Morgan fingerprint density at radius 3 is 2.53 bits per heavy atom. The number of primary amides is 1. The van der Waals surface area contributed by atoms with Crippen molar-refractivity contribution in [3.63, 3.8) is 0 Å². The normalized spacial score (nSPS) is 11.7. The standard InChI is InChI=1S/C13H17ClN2O3/c1-10(19-13(15)18)8-16(12(17)7-14)9-11-5-3-2-4-6-11/h2-6,10H,7-9H2,1H3,(H2,15,18). The number of hydrogen-bond donors (Lipinski definition) is 1. The van der Waals surface area contributed by atoms with Crippen molar-refractivity contribution in [1.29, 1.82) is 0 Å². The van der Waals surface area contributed by atoms with E-state index in [1.54, 1.807) is 6.92 Å². The van der Waals surface area contributed by atoms with Crippen LogP contribution in [0.3, 0.4) is 0 Å². The lowest BCUT2D eigenvalue weighted by Crippen LogP contribution is -2.39. The average molecular weight is 285 g/mol. The molecule has 0 fully saturated rings. The third-order valence-electron chi connectivity index (χ3n) is 2.48. The number of alkyl halides is 1. The zero-order valence-electron chi connectivity index (χ0n) is 10.7. The summed E-state index contributed by atoms with van der Waals surface area (Å²) in [6, 6.07) is 9.50. The minimum atomic E-state index is -0.856. The summed E-state index contributed by atoms with van der Waals surface area (Å²) in [7, 11) is 0. The van der Waals surface area contributed by atoms with E-state index in [1.807, 2.05) is 30.3 Å². The lowest BCUT2D eigenvalue weighted by Gasteiger charge is -2.25. The van der Waals surface area contributed by atoms with Crippen molar-refractivity contribution in [2.24, 2.45) is 5.73 Å². The van der Waals surface area contributed by atoms with Crippen molar-refractivity contribution < 1.29 is 14.3 Å². The number of benzene rings is 1. The van der Waals surface area contributed by atoms with Crippen molar-refractivity contribution >= 4 is 23.6 Å². The lowest BCUT2D eigenvalue weighted by molar-refractivity contribution is -0.130. The molecule has 0 heterocycles. The molecule has 2 amide bonds. The molecule has 0 spiro atoms. The minimum Gasteiger partial charge on any atom is -0.445 e. The molecule has 1 aromatic rings. The van der Waals surface area contributed by atoms with Gasteiger partial charge < -0.3 is 15.4 Å². The second kappa shape index (κ2) is 7.63. The highest BCUT2D eigenvalue weighted by Crippen LogP contribution is 2.07. The zero-order valence-corrected chi connectivity index (χ0v) is 11.5. The van der Waals surface area contributed by atoms with Crippen molar-refractivity contribution in [3.8, 4) is 0 Å². The molecule has 0 radical (unpaired) electrons. The van der Waals surface area contributed by atoms with Crippen LogP contribution < -0.4 is 5.73 Å². The summed E-state index contributed by atoms with van der Waals surface area (Å²) in [5, 5.41) is 0. The summed E-state index contributed by atoms with van der Waals surface area (Å²) in [6.07, 6.45) is -1.33. The van der Waals surface area contributed by atoms with E-state index in [-0.39, 0.29) is 18.3 Å². The third kappa shape index (κ3) is 5.61. The Morgan fingerprint density at radius 2 is 2.00 bits per heavy atom. The van der Waals surface area contributed by atoms with Gasteiger partial charge in [0.1, 0.15) is 12.0 Å². The van der Waals surface area contributed by atoms with Gasteiger partial charge in [-0.2, -0.15) is 0 Å². The number of nitrogens with zero attached hydrogens (tertiary/aromatic N) is 1. The molecule has 0 aromatic heterocycles. The number of hydrogen-bond acceptors (Lipinski definition) is 3. The maximum atomic E-state index is 11.8. The van der Waals surface area contributed by atoms with E-state index in [4.69, 9.17) is 22.1 Å². The molecule has 0 aliphatic rings. The molecular formula is C13H17ClN2O3. The van der Waals surface area contributed by atoms with Crippen LogP contribution in [0.25, 0.3) is 0 Å². The highest BCUT2D eigenvalue weighted by molar-refractivity contribution is 6.27. The van der Waals surface area contributed by atoms with Crippen LogP contribution in [0, 0.1) is 0 Å². The number of nitrogens with two attached hydrogens (primary N) is 1. The Hall–Kier alpha value is -1.75. The van der Waals surface area contributed by atoms with Crippen LogP contribution in [-0.4, -0.2) is 35.4 Å². The highest BCUT2D eigenvalue weighted by Gasteiger charge is 2.17. The van der Waals surface area contributed by atoms with Crippen molar-refractivity contribution in [3.05, 3.63) is 35.9 Å². The number of amides is 2. The van der Waals surface area contributed by atoms with Gasteiger partial charge in [-0.25, -0.2) is 4.79 Å². The van der Waals surface area contributed by atoms with E-state index in [2.05, 4.69) is 0 Å². The molecule has 19 heavy (non-hydrogen) atoms. The van der Waals surface area contributed by atoms with Crippen LogP contribution in [0.1, 0.15) is 12.5 Å². The average Bonchev–Trinajstić information content (AvgIpc) is 2.37. The van der Waals surface area contributed by atoms with Crippen molar-refractivity contribution in [2.75, 3.05) is 12.4 Å². The lowest BCUT2D eigenvalue weighted by atomic mass is 10.2. The molecule has 5 nitrogen and oxygen atoms in total. The topological polar surface area (TPSA) is 72.6 Å². The molecule has 6 heteroatoms. The predicted molar refractivity (Wildman–Crippen MR) is 72.7 cm³/mol. The number of carbonyl (C=O) groups excluding carboxylic acids is 2. The molecule has 0 aliphatic heterocycles. The maximum absolute atomic E-state index is 11.8. The molecule has 2 N–H and O–H groups in total. The first-order valence-electron chi connectivity index (χ1n) is 5.86. The Balaban J connectivity index is 2.67. The number of ether oxygens (including phenoxy) is 1. The number of halogens is 1. The first-order chi connectivity index (χ1) is 9.02. The van der Waals surface area contributed by atoms with Gasteiger partial charge in [-0.3, -0.25) is 4.79 Å². The summed E-state index contributed by atoms with van der Waals surface area (Å²) >= 11 is 5.58. The van der Waals surface area contributed by atoms with Crippen LogP contribution in [0.15, 0.2) is 30.3 Å². The first kappa shape index (κ1) is 15.3. The summed E-state index contributed by atoms with van der Waals surface area (Å²) in [5.74, 6) is -0.332. The van der Waals surface area contributed by atoms with Crippen molar-refractivity contribution in [2.45, 2.75) is 19.6 Å². The molecule has 0 saturated heterocycles. The Bertz CT molecular complexity index is 425. The van der Waals surface area contributed by atoms with Gasteiger partial charge in [0.05, 0.1) is 6.54 Å². The largest absolute Gasteiger partial charge is 0.445 e. The van der Waals surface area contributed by atoms with E-state index in [0.29, 0.717) is 6.54 Å². The molecule has 1 aromatic carbocycles. The van der Waals surface area contributed by atoms with Crippen LogP contribution in [0.5, 0.6) is 0 Å². The fourth-order valence-corrected chi connectivity index (χ4v) is 1.86. The molecule has 1 rings (SSSR count). The summed E-state index contributed by atoms with van der Waals surface area (Å²) in [5.41, 5.74) is 5.92. The summed E-state index contributed by atoms with van der Waals surface area (Å²) in [4.78, 5) is 24.0.